The van der Waals surface area contributed by atoms with E-state index in [1.54, 1.807) is 0 Å². The van der Waals surface area contributed by atoms with Gasteiger partial charge in [0, 0.05) is 45.1 Å². The topological polar surface area (TPSA) is 50.6 Å². The van der Waals surface area contributed by atoms with Gasteiger partial charge in [0.25, 0.3) is 0 Å². The molecule has 1 unspecified atom stereocenters. The molecule has 1 atom stereocenters. The molecule has 0 spiro atoms. The molecule has 134 valence electrons. The Bertz CT molecular complexity index is 539. The summed E-state index contributed by atoms with van der Waals surface area (Å²) in [5.41, 5.74) is 0. The van der Waals surface area contributed by atoms with Crippen molar-refractivity contribution in [3.8, 4) is 0 Å². The lowest BCUT2D eigenvalue weighted by atomic mass is 10.1. The van der Waals surface area contributed by atoms with E-state index in [1.807, 2.05) is 31.3 Å². The predicted molar refractivity (Wildman–Crippen MR) is 92.8 cm³/mol. The van der Waals surface area contributed by atoms with Gasteiger partial charge in [-0.2, -0.15) is 0 Å². The number of hydrogen-bond acceptors (Lipinski definition) is 4. The number of carbonyl (C=O) groups is 1. The van der Waals surface area contributed by atoms with E-state index in [2.05, 4.69) is 14.5 Å². The molecule has 6 heteroatoms. The molecule has 2 aliphatic rings. The average Bonchev–Trinajstić information content (AvgIpc) is 3.26. The first kappa shape index (κ1) is 17.4. The fraction of sp³-hybridized carbons (Fsp3) is 0.778. The lowest BCUT2D eigenvalue weighted by Crippen LogP contribution is -2.57. The van der Waals surface area contributed by atoms with Crippen LogP contribution in [0, 0.1) is 6.92 Å². The van der Waals surface area contributed by atoms with Crippen LogP contribution in [0.1, 0.15) is 37.9 Å². The maximum Gasteiger partial charge on any atom is 0.242 e. The van der Waals surface area contributed by atoms with Crippen molar-refractivity contribution in [2.45, 2.75) is 57.7 Å². The third-order valence-electron chi connectivity index (χ3n) is 5.44. The monoisotopic (exact) mass is 334 g/mol. The quantitative estimate of drug-likeness (QED) is 0.794. The number of likely N-dealkylation sites (N-methyl/N-ethyl adjacent to an activating group) is 1. The minimum Gasteiger partial charge on any atom is -0.378 e. The number of hydrogen-bond donors (Lipinski definition) is 0. The van der Waals surface area contributed by atoms with Crippen LogP contribution in [0.4, 0.5) is 0 Å². The summed E-state index contributed by atoms with van der Waals surface area (Å²) >= 11 is 0. The van der Waals surface area contributed by atoms with Crippen LogP contribution >= 0.6 is 0 Å². The number of imidazole rings is 1. The van der Waals surface area contributed by atoms with Crippen LogP contribution in [0.15, 0.2) is 12.4 Å². The van der Waals surface area contributed by atoms with E-state index in [9.17, 15) is 4.79 Å². The van der Waals surface area contributed by atoms with Crippen LogP contribution in [0.25, 0.3) is 0 Å². The van der Waals surface area contributed by atoms with Crippen LogP contribution in [-0.4, -0.2) is 70.7 Å². The van der Waals surface area contributed by atoms with Crippen LogP contribution in [0.2, 0.25) is 0 Å². The normalized spacial score (nSPS) is 22.8. The highest BCUT2D eigenvalue weighted by atomic mass is 16.5. The summed E-state index contributed by atoms with van der Waals surface area (Å²) in [6, 6.07) is 0.478. The average molecular weight is 334 g/mol. The minimum atomic E-state index is -0.0955. The number of nitrogens with zero attached hydrogens (tertiary/aromatic N) is 4. The molecule has 0 radical (unpaired) electrons. The molecule has 1 amide bonds. The third-order valence-corrected chi connectivity index (χ3v) is 5.44. The molecule has 2 heterocycles. The molecule has 0 N–H and O–H groups in total. The Labute approximate surface area is 144 Å². The lowest BCUT2D eigenvalue weighted by molar-refractivity contribution is -0.144. The van der Waals surface area contributed by atoms with Crippen molar-refractivity contribution < 1.29 is 9.53 Å². The Balaban J connectivity index is 1.52. The number of aromatic nitrogens is 2. The van der Waals surface area contributed by atoms with Crippen LogP contribution < -0.4 is 0 Å². The Morgan fingerprint density at radius 1 is 1.42 bits per heavy atom. The molecule has 24 heavy (non-hydrogen) atoms. The zero-order chi connectivity index (χ0) is 16.9. The predicted octanol–water partition coefficient (Wildman–Crippen LogP) is 1.68. The van der Waals surface area contributed by atoms with E-state index in [1.165, 1.54) is 25.7 Å². The molecule has 1 aliphatic carbocycles. The Kier molecular flexibility index (Phi) is 5.89. The summed E-state index contributed by atoms with van der Waals surface area (Å²) < 4.78 is 7.75. The number of rotatable bonds is 6. The van der Waals surface area contributed by atoms with E-state index in [-0.39, 0.29) is 11.9 Å². The molecule has 0 bridgehead atoms. The van der Waals surface area contributed by atoms with E-state index in [0.29, 0.717) is 12.6 Å². The van der Waals surface area contributed by atoms with Crippen LogP contribution in [0.3, 0.4) is 0 Å². The highest BCUT2D eigenvalue weighted by Crippen LogP contribution is 2.27. The van der Waals surface area contributed by atoms with Gasteiger partial charge < -0.3 is 14.2 Å². The molecule has 2 fully saturated rings. The van der Waals surface area contributed by atoms with Gasteiger partial charge >= 0.3 is 0 Å². The summed E-state index contributed by atoms with van der Waals surface area (Å²) in [5, 5.41) is 0. The Morgan fingerprint density at radius 3 is 2.92 bits per heavy atom. The first-order valence-electron chi connectivity index (χ1n) is 9.23. The van der Waals surface area contributed by atoms with Gasteiger partial charge in [0.2, 0.25) is 5.91 Å². The Hall–Kier alpha value is -1.40. The molecule has 3 rings (SSSR count). The first-order chi connectivity index (χ1) is 11.7. The van der Waals surface area contributed by atoms with Crippen molar-refractivity contribution >= 4 is 5.91 Å². The number of morpholine rings is 1. The van der Waals surface area contributed by atoms with Gasteiger partial charge in [0.05, 0.1) is 13.2 Å². The van der Waals surface area contributed by atoms with E-state index >= 15 is 0 Å². The summed E-state index contributed by atoms with van der Waals surface area (Å²) in [7, 11) is 1.92. The summed E-state index contributed by atoms with van der Waals surface area (Å²) in [6.07, 6.45) is 9.81. The zero-order valence-corrected chi connectivity index (χ0v) is 15.0. The molecule has 1 saturated heterocycles. The molecule has 1 aliphatic heterocycles. The van der Waals surface area contributed by atoms with Gasteiger partial charge in [0.1, 0.15) is 11.9 Å². The highest BCUT2D eigenvalue weighted by molar-refractivity contribution is 5.82. The van der Waals surface area contributed by atoms with Gasteiger partial charge in [0.15, 0.2) is 0 Å². The number of aryl methyl sites for hydroxylation is 2. The van der Waals surface area contributed by atoms with E-state index in [4.69, 9.17) is 4.74 Å². The molecule has 1 aromatic heterocycles. The second kappa shape index (κ2) is 8.12. The second-order valence-electron chi connectivity index (χ2n) is 7.05. The summed E-state index contributed by atoms with van der Waals surface area (Å²) in [6.45, 7) is 5.86. The largest absolute Gasteiger partial charge is 0.378 e. The number of amides is 1. The van der Waals surface area contributed by atoms with Gasteiger partial charge in [-0.05, 0) is 26.2 Å². The van der Waals surface area contributed by atoms with Crippen LogP contribution in [-0.2, 0) is 16.1 Å². The molecule has 0 aromatic carbocycles. The van der Waals surface area contributed by atoms with Crippen molar-refractivity contribution in [2.75, 3.05) is 33.4 Å². The maximum absolute atomic E-state index is 12.9. The fourth-order valence-corrected chi connectivity index (χ4v) is 3.99. The van der Waals surface area contributed by atoms with Crippen molar-refractivity contribution in [3.63, 3.8) is 0 Å². The number of carbonyl (C=O) groups excluding carboxylic acids is 1. The standard InChI is InChI=1S/C18H30N4O2/c1-15-19-8-11-21(15)10-5-9-20(2)18(23)17-14-24-13-12-22(17)16-6-3-4-7-16/h8,11,16-17H,3-7,9-10,12-14H2,1-2H3. The van der Waals surface area contributed by atoms with Crippen molar-refractivity contribution in [2.24, 2.45) is 0 Å². The molecule has 1 aromatic rings. The SMILES string of the molecule is Cc1nccn1CCCN(C)C(=O)C1COCCN1C1CCCC1. The maximum atomic E-state index is 12.9. The molecule has 1 saturated carbocycles. The fourth-order valence-electron chi connectivity index (χ4n) is 3.99. The third kappa shape index (κ3) is 3.98. The van der Waals surface area contributed by atoms with Crippen molar-refractivity contribution in [1.82, 2.24) is 19.4 Å². The van der Waals surface area contributed by atoms with Gasteiger partial charge in [-0.15, -0.1) is 0 Å². The Morgan fingerprint density at radius 2 is 2.21 bits per heavy atom. The minimum absolute atomic E-state index is 0.0955. The van der Waals surface area contributed by atoms with Crippen molar-refractivity contribution in [3.05, 3.63) is 18.2 Å². The van der Waals surface area contributed by atoms with Gasteiger partial charge in [-0.1, -0.05) is 12.8 Å². The highest BCUT2D eigenvalue weighted by Gasteiger charge is 2.36. The van der Waals surface area contributed by atoms with E-state index < -0.39 is 0 Å². The molecular weight excluding hydrogens is 304 g/mol. The molecular formula is C18H30N4O2. The summed E-state index contributed by atoms with van der Waals surface area (Å²) in [4.78, 5) is 21.4. The van der Waals surface area contributed by atoms with Gasteiger partial charge in [-0.25, -0.2) is 4.98 Å². The van der Waals surface area contributed by atoms with E-state index in [0.717, 1.165) is 38.5 Å². The smallest absolute Gasteiger partial charge is 0.242 e. The first-order valence-corrected chi connectivity index (χ1v) is 9.23. The zero-order valence-electron chi connectivity index (χ0n) is 15.0. The lowest BCUT2D eigenvalue weighted by Gasteiger charge is -2.40. The molecule has 6 nitrogen and oxygen atoms in total. The van der Waals surface area contributed by atoms with Crippen LogP contribution in [0.5, 0.6) is 0 Å². The van der Waals surface area contributed by atoms with Gasteiger partial charge in [-0.3, -0.25) is 9.69 Å². The number of ether oxygens (including phenoxy) is 1. The van der Waals surface area contributed by atoms with Crippen molar-refractivity contribution in [1.29, 1.82) is 0 Å². The second-order valence-corrected chi connectivity index (χ2v) is 7.05. The summed E-state index contributed by atoms with van der Waals surface area (Å²) in [5.74, 6) is 1.24.